The molecule has 1 atom stereocenters. The van der Waals surface area contributed by atoms with Crippen LogP contribution in [-0.4, -0.2) is 26.2 Å². The van der Waals surface area contributed by atoms with Crippen LogP contribution in [0.1, 0.15) is 30.7 Å². The number of hydrogen-bond acceptors (Lipinski definition) is 2. The Morgan fingerprint density at radius 1 is 1.39 bits per heavy atom. The van der Waals surface area contributed by atoms with Crippen LogP contribution in [0.15, 0.2) is 30.3 Å². The molecule has 0 radical (unpaired) electrons. The van der Waals surface area contributed by atoms with Crippen molar-refractivity contribution in [3.63, 3.8) is 0 Å². The molecule has 0 bridgehead atoms. The molecule has 1 amide bonds. The van der Waals surface area contributed by atoms with E-state index in [2.05, 4.69) is 17.4 Å². The number of rotatable bonds is 7. The molecular formula is C15H21NO2. The molecule has 0 heterocycles. The summed E-state index contributed by atoms with van der Waals surface area (Å²) in [7, 11) is 1.64. The zero-order valence-corrected chi connectivity index (χ0v) is 10.9. The van der Waals surface area contributed by atoms with Crippen LogP contribution in [-0.2, 0) is 9.53 Å². The summed E-state index contributed by atoms with van der Waals surface area (Å²) < 4.78 is 4.93. The quantitative estimate of drug-likeness (QED) is 0.751. The van der Waals surface area contributed by atoms with E-state index in [4.69, 9.17) is 4.74 Å². The molecule has 98 valence electrons. The Kier molecular flexibility index (Phi) is 4.76. The summed E-state index contributed by atoms with van der Waals surface area (Å²) >= 11 is 0. The van der Waals surface area contributed by atoms with E-state index in [1.54, 1.807) is 7.11 Å². The fraction of sp³-hybridized carbons (Fsp3) is 0.533. The molecule has 1 aromatic rings. The second kappa shape index (κ2) is 6.55. The van der Waals surface area contributed by atoms with Crippen molar-refractivity contribution in [1.29, 1.82) is 0 Å². The van der Waals surface area contributed by atoms with Crippen LogP contribution in [0.4, 0.5) is 0 Å². The Balaban J connectivity index is 1.89. The average Bonchev–Trinajstić information content (AvgIpc) is 3.22. The van der Waals surface area contributed by atoms with Gasteiger partial charge in [0.1, 0.15) is 0 Å². The summed E-state index contributed by atoms with van der Waals surface area (Å²) in [4.78, 5) is 11.9. The topological polar surface area (TPSA) is 38.3 Å². The van der Waals surface area contributed by atoms with E-state index in [0.29, 0.717) is 31.4 Å². The van der Waals surface area contributed by atoms with Gasteiger partial charge < -0.3 is 10.1 Å². The van der Waals surface area contributed by atoms with Gasteiger partial charge in [0, 0.05) is 20.1 Å². The van der Waals surface area contributed by atoms with Gasteiger partial charge in [-0.05, 0) is 30.2 Å². The molecular weight excluding hydrogens is 226 g/mol. The van der Waals surface area contributed by atoms with Gasteiger partial charge in [0.25, 0.3) is 0 Å². The largest absolute Gasteiger partial charge is 0.383 e. The zero-order chi connectivity index (χ0) is 12.8. The van der Waals surface area contributed by atoms with E-state index in [9.17, 15) is 4.79 Å². The highest BCUT2D eigenvalue weighted by molar-refractivity contribution is 5.77. The second-order valence-corrected chi connectivity index (χ2v) is 4.90. The molecule has 1 aliphatic rings. The monoisotopic (exact) mass is 247 g/mol. The van der Waals surface area contributed by atoms with Crippen molar-refractivity contribution in [2.75, 3.05) is 20.3 Å². The third-order valence-electron chi connectivity index (χ3n) is 3.45. The first-order valence-electron chi connectivity index (χ1n) is 6.62. The lowest BCUT2D eigenvalue weighted by molar-refractivity contribution is -0.121. The van der Waals surface area contributed by atoms with Crippen LogP contribution >= 0.6 is 0 Å². The van der Waals surface area contributed by atoms with Crippen LogP contribution in [0.25, 0.3) is 0 Å². The van der Waals surface area contributed by atoms with E-state index >= 15 is 0 Å². The van der Waals surface area contributed by atoms with Gasteiger partial charge in [-0.3, -0.25) is 4.79 Å². The fourth-order valence-corrected chi connectivity index (χ4v) is 2.32. The Hall–Kier alpha value is -1.35. The molecule has 1 aliphatic carbocycles. The highest BCUT2D eigenvalue weighted by Crippen LogP contribution is 2.44. The standard InChI is InChI=1S/C15H21NO2/c1-18-10-9-16-15(17)11-14(13-7-8-13)12-5-3-2-4-6-12/h2-6,13-14H,7-11H2,1H3,(H,16,17). The SMILES string of the molecule is COCCNC(=O)CC(c1ccccc1)C1CC1. The Labute approximate surface area is 109 Å². The van der Waals surface area contributed by atoms with Gasteiger partial charge in [-0.1, -0.05) is 30.3 Å². The molecule has 0 aliphatic heterocycles. The molecule has 1 fully saturated rings. The Bertz CT molecular complexity index is 373. The molecule has 3 heteroatoms. The van der Waals surface area contributed by atoms with Crippen molar-refractivity contribution < 1.29 is 9.53 Å². The molecule has 1 unspecified atom stereocenters. The molecule has 18 heavy (non-hydrogen) atoms. The lowest BCUT2D eigenvalue weighted by Gasteiger charge is -2.16. The Morgan fingerprint density at radius 3 is 2.72 bits per heavy atom. The maximum absolute atomic E-state index is 11.9. The lowest BCUT2D eigenvalue weighted by Crippen LogP contribution is -2.28. The van der Waals surface area contributed by atoms with Crippen molar-refractivity contribution in [1.82, 2.24) is 5.32 Å². The first-order chi connectivity index (χ1) is 8.81. The summed E-state index contributed by atoms with van der Waals surface area (Å²) in [6.07, 6.45) is 3.11. The first kappa shape index (κ1) is 13.1. The average molecular weight is 247 g/mol. The van der Waals surface area contributed by atoms with Crippen molar-refractivity contribution >= 4 is 5.91 Å². The predicted molar refractivity (Wildman–Crippen MR) is 71.4 cm³/mol. The smallest absolute Gasteiger partial charge is 0.220 e. The minimum absolute atomic E-state index is 0.132. The van der Waals surface area contributed by atoms with Crippen LogP contribution < -0.4 is 5.32 Å². The number of amides is 1. The van der Waals surface area contributed by atoms with Gasteiger partial charge in [0.05, 0.1) is 6.61 Å². The summed E-state index contributed by atoms with van der Waals surface area (Å²) in [5.74, 6) is 1.21. The summed E-state index contributed by atoms with van der Waals surface area (Å²) in [5.41, 5.74) is 1.29. The van der Waals surface area contributed by atoms with Gasteiger partial charge in [-0.2, -0.15) is 0 Å². The first-order valence-corrected chi connectivity index (χ1v) is 6.62. The van der Waals surface area contributed by atoms with Crippen LogP contribution in [0.3, 0.4) is 0 Å². The second-order valence-electron chi connectivity index (χ2n) is 4.90. The highest BCUT2D eigenvalue weighted by atomic mass is 16.5. The molecule has 3 nitrogen and oxygen atoms in total. The number of ether oxygens (including phenoxy) is 1. The summed E-state index contributed by atoms with van der Waals surface area (Å²) in [5, 5.41) is 2.90. The molecule has 1 saturated carbocycles. The van der Waals surface area contributed by atoms with Crippen LogP contribution in [0, 0.1) is 5.92 Å². The van der Waals surface area contributed by atoms with E-state index in [1.807, 2.05) is 18.2 Å². The van der Waals surface area contributed by atoms with Crippen molar-refractivity contribution in [3.05, 3.63) is 35.9 Å². The fourth-order valence-electron chi connectivity index (χ4n) is 2.32. The summed E-state index contributed by atoms with van der Waals surface area (Å²) in [6.45, 7) is 1.17. The minimum atomic E-state index is 0.132. The van der Waals surface area contributed by atoms with E-state index in [0.717, 1.165) is 0 Å². The van der Waals surface area contributed by atoms with E-state index in [1.165, 1.54) is 18.4 Å². The lowest BCUT2D eigenvalue weighted by atomic mass is 9.91. The number of nitrogens with one attached hydrogen (secondary N) is 1. The minimum Gasteiger partial charge on any atom is -0.383 e. The molecule has 0 aromatic heterocycles. The maximum Gasteiger partial charge on any atom is 0.220 e. The normalized spacial score (nSPS) is 16.3. The van der Waals surface area contributed by atoms with Crippen molar-refractivity contribution in [2.45, 2.75) is 25.2 Å². The number of methoxy groups -OCH3 is 1. The van der Waals surface area contributed by atoms with Gasteiger partial charge in [0.15, 0.2) is 0 Å². The molecule has 2 rings (SSSR count). The summed E-state index contributed by atoms with van der Waals surface area (Å²) in [6, 6.07) is 10.4. The molecule has 1 N–H and O–H groups in total. The van der Waals surface area contributed by atoms with Gasteiger partial charge in [0.2, 0.25) is 5.91 Å². The number of carbonyl (C=O) groups is 1. The third-order valence-corrected chi connectivity index (χ3v) is 3.45. The maximum atomic E-state index is 11.9. The number of carbonyl (C=O) groups excluding carboxylic acids is 1. The van der Waals surface area contributed by atoms with E-state index < -0.39 is 0 Å². The van der Waals surface area contributed by atoms with Crippen LogP contribution in [0.2, 0.25) is 0 Å². The number of hydrogen-bond donors (Lipinski definition) is 1. The third kappa shape index (κ3) is 3.84. The zero-order valence-electron chi connectivity index (χ0n) is 10.9. The van der Waals surface area contributed by atoms with Gasteiger partial charge in [-0.25, -0.2) is 0 Å². The van der Waals surface area contributed by atoms with Gasteiger partial charge >= 0.3 is 0 Å². The molecule has 0 spiro atoms. The number of benzene rings is 1. The van der Waals surface area contributed by atoms with Crippen LogP contribution in [0.5, 0.6) is 0 Å². The highest BCUT2D eigenvalue weighted by Gasteiger charge is 2.33. The predicted octanol–water partition coefficient (Wildman–Crippen LogP) is 2.33. The van der Waals surface area contributed by atoms with Crippen molar-refractivity contribution in [3.8, 4) is 0 Å². The van der Waals surface area contributed by atoms with E-state index in [-0.39, 0.29) is 5.91 Å². The van der Waals surface area contributed by atoms with Crippen molar-refractivity contribution in [2.24, 2.45) is 5.92 Å². The molecule has 0 saturated heterocycles. The molecule has 1 aromatic carbocycles. The van der Waals surface area contributed by atoms with Gasteiger partial charge in [-0.15, -0.1) is 0 Å². The Morgan fingerprint density at radius 2 is 2.11 bits per heavy atom.